The van der Waals surface area contributed by atoms with Crippen molar-refractivity contribution in [2.75, 3.05) is 50.7 Å². The van der Waals surface area contributed by atoms with E-state index in [2.05, 4.69) is 28.6 Å². The topological polar surface area (TPSA) is 39.7 Å². The van der Waals surface area contributed by atoms with Crippen LogP contribution in [0.2, 0.25) is 0 Å². The van der Waals surface area contributed by atoms with Gasteiger partial charge in [-0.3, -0.25) is 9.78 Å². The van der Waals surface area contributed by atoms with Crippen molar-refractivity contribution in [3.8, 4) is 0 Å². The molecule has 23 heavy (non-hydrogen) atoms. The molecule has 0 radical (unpaired) electrons. The average Bonchev–Trinajstić information content (AvgIpc) is 2.62. The number of carbonyl (C=O) groups excluding carboxylic acids is 1. The van der Waals surface area contributed by atoms with Crippen LogP contribution in [0.1, 0.15) is 37.0 Å². The number of aromatic nitrogens is 1. The Morgan fingerprint density at radius 2 is 1.83 bits per heavy atom. The van der Waals surface area contributed by atoms with Crippen LogP contribution < -0.4 is 4.90 Å². The lowest BCUT2D eigenvalue weighted by Crippen LogP contribution is -2.48. The van der Waals surface area contributed by atoms with E-state index in [9.17, 15) is 4.79 Å². The highest BCUT2D eigenvalue weighted by molar-refractivity contribution is 5.94. The number of rotatable bonds is 3. The van der Waals surface area contributed by atoms with Crippen molar-refractivity contribution >= 4 is 11.6 Å². The summed E-state index contributed by atoms with van der Waals surface area (Å²) < 4.78 is 0. The SMILES string of the molecule is CCN1CCN(C(=O)c2cncc(N3CCC(C)CC3)c2)CC1. The standard InChI is InChI=1S/C18H28N4O/c1-3-20-8-10-22(11-9-20)18(23)16-12-17(14-19-13-16)21-6-4-15(2)5-7-21/h12-15H,3-11H2,1-2H3. The second kappa shape index (κ2) is 7.30. The molecule has 0 atom stereocenters. The van der Waals surface area contributed by atoms with Crippen LogP contribution in [0.5, 0.6) is 0 Å². The van der Waals surface area contributed by atoms with Crippen LogP contribution in [0.25, 0.3) is 0 Å². The Labute approximate surface area is 139 Å². The van der Waals surface area contributed by atoms with Crippen LogP contribution in [0, 0.1) is 5.92 Å². The minimum Gasteiger partial charge on any atom is -0.370 e. The molecule has 0 N–H and O–H groups in total. The fraction of sp³-hybridized carbons (Fsp3) is 0.667. The molecule has 0 saturated carbocycles. The number of nitrogens with zero attached hydrogens (tertiary/aromatic N) is 4. The van der Waals surface area contributed by atoms with Gasteiger partial charge in [-0.15, -0.1) is 0 Å². The van der Waals surface area contributed by atoms with Crippen LogP contribution in [-0.2, 0) is 0 Å². The maximum atomic E-state index is 12.7. The quantitative estimate of drug-likeness (QED) is 0.856. The van der Waals surface area contributed by atoms with Crippen LogP contribution in [0.3, 0.4) is 0 Å². The fourth-order valence-electron chi connectivity index (χ4n) is 3.43. The number of likely N-dealkylation sites (N-methyl/N-ethyl adjacent to an activating group) is 1. The first-order valence-electron chi connectivity index (χ1n) is 8.89. The van der Waals surface area contributed by atoms with Crippen molar-refractivity contribution in [3.05, 3.63) is 24.0 Å². The highest BCUT2D eigenvalue weighted by Gasteiger charge is 2.23. The summed E-state index contributed by atoms with van der Waals surface area (Å²) >= 11 is 0. The molecule has 5 heteroatoms. The molecule has 1 aromatic heterocycles. The molecule has 2 fully saturated rings. The van der Waals surface area contributed by atoms with Gasteiger partial charge < -0.3 is 14.7 Å². The highest BCUT2D eigenvalue weighted by atomic mass is 16.2. The van der Waals surface area contributed by atoms with Gasteiger partial charge in [-0.1, -0.05) is 13.8 Å². The molecule has 0 spiro atoms. The van der Waals surface area contributed by atoms with E-state index in [4.69, 9.17) is 0 Å². The number of anilines is 1. The van der Waals surface area contributed by atoms with Gasteiger partial charge in [0.2, 0.25) is 0 Å². The maximum absolute atomic E-state index is 12.7. The molecular formula is C18H28N4O. The summed E-state index contributed by atoms with van der Waals surface area (Å²) in [6.45, 7) is 11.3. The molecule has 0 bridgehead atoms. The summed E-state index contributed by atoms with van der Waals surface area (Å²) in [5.74, 6) is 0.930. The van der Waals surface area contributed by atoms with Crippen LogP contribution in [0.15, 0.2) is 18.5 Å². The molecule has 0 unspecified atom stereocenters. The number of piperidine rings is 1. The Morgan fingerprint density at radius 3 is 2.48 bits per heavy atom. The van der Waals surface area contributed by atoms with Gasteiger partial charge in [0.25, 0.3) is 5.91 Å². The monoisotopic (exact) mass is 316 g/mol. The highest BCUT2D eigenvalue weighted by Crippen LogP contribution is 2.23. The van der Waals surface area contributed by atoms with Gasteiger partial charge in [0.15, 0.2) is 0 Å². The first-order chi connectivity index (χ1) is 11.2. The van der Waals surface area contributed by atoms with Crippen LogP contribution >= 0.6 is 0 Å². The summed E-state index contributed by atoms with van der Waals surface area (Å²) in [5.41, 5.74) is 1.82. The van der Waals surface area contributed by atoms with E-state index < -0.39 is 0 Å². The minimum absolute atomic E-state index is 0.125. The molecule has 3 rings (SSSR count). The van der Waals surface area contributed by atoms with Crippen LogP contribution in [0.4, 0.5) is 5.69 Å². The molecule has 1 aromatic rings. The van der Waals surface area contributed by atoms with Crippen molar-refractivity contribution in [1.29, 1.82) is 0 Å². The van der Waals surface area contributed by atoms with E-state index in [-0.39, 0.29) is 5.91 Å². The molecule has 0 aliphatic carbocycles. The Morgan fingerprint density at radius 1 is 1.13 bits per heavy atom. The maximum Gasteiger partial charge on any atom is 0.255 e. The summed E-state index contributed by atoms with van der Waals surface area (Å²) in [5, 5.41) is 0. The Kier molecular flexibility index (Phi) is 5.16. The largest absolute Gasteiger partial charge is 0.370 e. The zero-order chi connectivity index (χ0) is 16.2. The first kappa shape index (κ1) is 16.2. The molecule has 2 saturated heterocycles. The van der Waals surface area contributed by atoms with E-state index in [0.29, 0.717) is 0 Å². The van der Waals surface area contributed by atoms with Gasteiger partial charge in [-0.2, -0.15) is 0 Å². The Hall–Kier alpha value is -1.62. The number of hydrogen-bond acceptors (Lipinski definition) is 4. The molecule has 3 heterocycles. The second-order valence-electron chi connectivity index (χ2n) is 6.83. The van der Waals surface area contributed by atoms with Gasteiger partial charge >= 0.3 is 0 Å². The lowest BCUT2D eigenvalue weighted by atomic mass is 9.99. The third kappa shape index (κ3) is 3.83. The van der Waals surface area contributed by atoms with E-state index >= 15 is 0 Å². The van der Waals surface area contributed by atoms with Crippen molar-refractivity contribution in [2.45, 2.75) is 26.7 Å². The third-order valence-electron chi connectivity index (χ3n) is 5.23. The van der Waals surface area contributed by atoms with Gasteiger partial charge in [0.05, 0.1) is 17.4 Å². The first-order valence-corrected chi connectivity index (χ1v) is 8.89. The lowest BCUT2D eigenvalue weighted by Gasteiger charge is -2.34. The van der Waals surface area contributed by atoms with Gasteiger partial charge in [-0.25, -0.2) is 0 Å². The smallest absolute Gasteiger partial charge is 0.255 e. The number of amides is 1. The summed E-state index contributed by atoms with van der Waals surface area (Å²) in [6, 6.07) is 2.03. The molecular weight excluding hydrogens is 288 g/mol. The van der Waals surface area contributed by atoms with E-state index in [1.165, 1.54) is 12.8 Å². The molecule has 2 aliphatic heterocycles. The minimum atomic E-state index is 0.125. The predicted octanol–water partition coefficient (Wildman–Crippen LogP) is 2.10. The summed E-state index contributed by atoms with van der Waals surface area (Å²) in [7, 11) is 0. The molecule has 0 aromatic carbocycles. The number of piperazine rings is 1. The molecule has 126 valence electrons. The predicted molar refractivity (Wildman–Crippen MR) is 92.9 cm³/mol. The van der Waals surface area contributed by atoms with Crippen molar-refractivity contribution in [3.63, 3.8) is 0 Å². The van der Waals surface area contributed by atoms with Gasteiger partial charge in [-0.05, 0) is 31.4 Å². The lowest BCUT2D eigenvalue weighted by molar-refractivity contribution is 0.0643. The number of pyridine rings is 1. The fourth-order valence-corrected chi connectivity index (χ4v) is 3.43. The van der Waals surface area contributed by atoms with Crippen LogP contribution in [-0.4, -0.2) is 66.5 Å². The summed E-state index contributed by atoms with van der Waals surface area (Å²) in [4.78, 5) is 23.8. The summed E-state index contributed by atoms with van der Waals surface area (Å²) in [6.07, 6.45) is 6.04. The number of carbonyl (C=O) groups is 1. The van der Waals surface area contributed by atoms with Crippen molar-refractivity contribution in [1.82, 2.24) is 14.8 Å². The normalized spacial score (nSPS) is 20.8. The zero-order valence-corrected chi connectivity index (χ0v) is 14.4. The third-order valence-corrected chi connectivity index (χ3v) is 5.23. The molecule has 1 amide bonds. The van der Waals surface area contributed by atoms with Gasteiger partial charge in [0.1, 0.15) is 0 Å². The Balaban J connectivity index is 1.66. The van der Waals surface area contributed by atoms with E-state index in [1.807, 2.05) is 17.2 Å². The molecule has 2 aliphatic rings. The van der Waals surface area contributed by atoms with Crippen molar-refractivity contribution in [2.24, 2.45) is 5.92 Å². The van der Waals surface area contributed by atoms with Gasteiger partial charge in [0, 0.05) is 45.5 Å². The number of hydrogen-bond donors (Lipinski definition) is 0. The van der Waals surface area contributed by atoms with Crippen molar-refractivity contribution < 1.29 is 4.79 Å². The molecule has 5 nitrogen and oxygen atoms in total. The zero-order valence-electron chi connectivity index (χ0n) is 14.4. The average molecular weight is 316 g/mol. The van der Waals surface area contributed by atoms with E-state index in [0.717, 1.165) is 63.0 Å². The second-order valence-corrected chi connectivity index (χ2v) is 6.83. The Bertz CT molecular complexity index is 532. The van der Waals surface area contributed by atoms with E-state index in [1.54, 1.807) is 6.20 Å².